The number of rotatable bonds is 4. The number of carbonyl (C=O) groups excluding carboxylic acids is 3. The normalized spacial score (nSPS) is 20.2. The van der Waals surface area contributed by atoms with Crippen molar-refractivity contribution < 1.29 is 23.9 Å². The molecule has 4 rings (SSSR count). The average Bonchev–Trinajstić information content (AvgIpc) is 3.42. The summed E-state index contributed by atoms with van der Waals surface area (Å²) in [6, 6.07) is 1.20. The van der Waals surface area contributed by atoms with Gasteiger partial charge in [0.05, 0.1) is 17.9 Å². The topological polar surface area (TPSA) is 130 Å². The van der Waals surface area contributed by atoms with Crippen LogP contribution in [0.1, 0.15) is 78.5 Å². The molecule has 2 aliphatic heterocycles. The number of piperidine rings is 1. The SMILES string of the molecule is CC(=O)[C@@H]1CC[C@H](c2cc(NC(=O)OC(C)(C)C)n3ncc(C4=CN(C)NC4)c3n2)CN1C(=O)OC(C)(C)C. The van der Waals surface area contributed by atoms with Gasteiger partial charge in [-0.2, -0.15) is 9.61 Å². The Bertz CT molecular complexity index is 1300. The number of nitrogens with zero attached hydrogens (tertiary/aromatic N) is 5. The second-order valence-electron chi connectivity index (χ2n) is 12.1. The van der Waals surface area contributed by atoms with Gasteiger partial charge in [-0.1, -0.05) is 0 Å². The average molecular weight is 542 g/mol. The predicted molar refractivity (Wildman–Crippen MR) is 146 cm³/mol. The van der Waals surface area contributed by atoms with Crippen LogP contribution in [0.2, 0.25) is 0 Å². The van der Waals surface area contributed by atoms with Gasteiger partial charge in [-0.15, -0.1) is 0 Å². The number of hydrogen-bond donors (Lipinski definition) is 2. The molecule has 0 spiro atoms. The summed E-state index contributed by atoms with van der Waals surface area (Å²) < 4.78 is 12.7. The molecule has 0 saturated carbocycles. The number of likely N-dealkylation sites (tertiary alicyclic amines) is 1. The predicted octanol–water partition coefficient (Wildman–Crippen LogP) is 3.94. The summed E-state index contributed by atoms with van der Waals surface area (Å²) in [5.41, 5.74) is 4.90. The van der Waals surface area contributed by atoms with Crippen LogP contribution >= 0.6 is 0 Å². The molecule has 2 atom stereocenters. The van der Waals surface area contributed by atoms with Crippen LogP contribution < -0.4 is 10.7 Å². The molecule has 2 aliphatic rings. The zero-order chi connectivity index (χ0) is 28.7. The number of ether oxygens (including phenoxy) is 2. The van der Waals surface area contributed by atoms with Crippen LogP contribution in [-0.2, 0) is 14.3 Å². The first-order chi connectivity index (χ1) is 18.1. The maximum Gasteiger partial charge on any atom is 0.413 e. The Morgan fingerprint density at radius 2 is 1.77 bits per heavy atom. The highest BCUT2D eigenvalue weighted by Crippen LogP contribution is 2.33. The largest absolute Gasteiger partial charge is 0.444 e. The lowest BCUT2D eigenvalue weighted by Gasteiger charge is -2.39. The molecule has 2 amide bonds. The van der Waals surface area contributed by atoms with E-state index in [4.69, 9.17) is 14.5 Å². The van der Waals surface area contributed by atoms with E-state index >= 15 is 0 Å². The van der Waals surface area contributed by atoms with Gasteiger partial charge in [-0.05, 0) is 66.9 Å². The highest BCUT2D eigenvalue weighted by atomic mass is 16.6. The number of amides is 2. The molecule has 2 aromatic rings. The summed E-state index contributed by atoms with van der Waals surface area (Å²) in [5, 5.41) is 9.20. The summed E-state index contributed by atoms with van der Waals surface area (Å²) in [6.45, 7) is 13.1. The van der Waals surface area contributed by atoms with E-state index in [0.29, 0.717) is 36.5 Å². The molecule has 12 heteroatoms. The van der Waals surface area contributed by atoms with Crippen LogP contribution in [0.5, 0.6) is 0 Å². The van der Waals surface area contributed by atoms with E-state index in [0.717, 1.165) is 11.1 Å². The minimum atomic E-state index is -0.699. The molecule has 2 aromatic heterocycles. The van der Waals surface area contributed by atoms with Crippen molar-refractivity contribution in [2.45, 2.75) is 84.5 Å². The fraction of sp³-hybridized carbons (Fsp3) is 0.593. The lowest BCUT2D eigenvalue weighted by Crippen LogP contribution is -2.51. The molecule has 0 radical (unpaired) electrons. The van der Waals surface area contributed by atoms with Gasteiger partial charge in [-0.3, -0.25) is 15.0 Å². The van der Waals surface area contributed by atoms with Crippen LogP contribution in [0.25, 0.3) is 11.2 Å². The number of hydrogen-bond acceptors (Lipinski definition) is 9. The summed E-state index contributed by atoms with van der Waals surface area (Å²) >= 11 is 0. The van der Waals surface area contributed by atoms with Gasteiger partial charge >= 0.3 is 12.2 Å². The van der Waals surface area contributed by atoms with E-state index in [1.807, 2.05) is 18.3 Å². The zero-order valence-electron chi connectivity index (χ0n) is 24.0. The number of Topliss-reactive ketones (excluding diaryl/α,β-unsaturated/α-hetero) is 1. The molecule has 1 fully saturated rings. The molecule has 0 aromatic carbocycles. The van der Waals surface area contributed by atoms with Crippen molar-refractivity contribution >= 4 is 35.0 Å². The van der Waals surface area contributed by atoms with E-state index in [9.17, 15) is 14.4 Å². The van der Waals surface area contributed by atoms with Gasteiger partial charge in [0.15, 0.2) is 11.4 Å². The van der Waals surface area contributed by atoms with Crippen LogP contribution in [0, 0.1) is 0 Å². The molecule has 12 nitrogen and oxygen atoms in total. The molecule has 4 heterocycles. The number of ketones is 1. The number of nitrogens with one attached hydrogen (secondary N) is 2. The Morgan fingerprint density at radius 1 is 1.08 bits per heavy atom. The fourth-order valence-corrected chi connectivity index (χ4v) is 4.77. The van der Waals surface area contributed by atoms with Gasteiger partial charge in [0.2, 0.25) is 0 Å². The van der Waals surface area contributed by atoms with Gasteiger partial charge in [-0.25, -0.2) is 20.0 Å². The standard InChI is InChI=1S/C27H39N7O5/c1-16(35)21-10-9-17(15-33(21)25(37)39-27(5,6)7)20-11-22(31-24(36)38-26(2,3)4)34-23(30-20)19(13-29-34)18-12-28-32(8)14-18/h11,13-14,17,21,28H,9-10,12,15H2,1-8H3,(H,31,36)/t17-,21-/m0/s1. The van der Waals surface area contributed by atoms with Crippen molar-refractivity contribution in [3.05, 3.63) is 29.7 Å². The first-order valence-electron chi connectivity index (χ1n) is 13.2. The van der Waals surface area contributed by atoms with E-state index in [-0.39, 0.29) is 18.2 Å². The number of fused-ring (bicyclic) bond motifs is 1. The third-order valence-electron chi connectivity index (χ3n) is 6.43. The third-order valence-corrected chi connectivity index (χ3v) is 6.43. The minimum absolute atomic E-state index is 0.0853. The monoisotopic (exact) mass is 541 g/mol. The molecule has 1 saturated heterocycles. The summed E-state index contributed by atoms with van der Waals surface area (Å²) in [4.78, 5) is 44.7. The van der Waals surface area contributed by atoms with Crippen molar-refractivity contribution in [1.29, 1.82) is 0 Å². The molecule has 2 N–H and O–H groups in total. The number of hydrazine groups is 1. The van der Waals surface area contributed by atoms with Crippen molar-refractivity contribution in [3.63, 3.8) is 0 Å². The van der Waals surface area contributed by atoms with Crippen molar-refractivity contribution in [1.82, 2.24) is 29.9 Å². The summed E-state index contributed by atoms with van der Waals surface area (Å²) in [7, 11) is 1.91. The molecular formula is C27H39N7O5. The van der Waals surface area contributed by atoms with E-state index in [2.05, 4.69) is 15.8 Å². The summed E-state index contributed by atoms with van der Waals surface area (Å²) in [6.07, 6.45) is 3.65. The third kappa shape index (κ3) is 6.67. The molecule has 212 valence electrons. The first-order valence-corrected chi connectivity index (χ1v) is 13.2. The van der Waals surface area contributed by atoms with Gasteiger partial charge in [0.25, 0.3) is 0 Å². The Labute approximate surface area is 228 Å². The van der Waals surface area contributed by atoms with Crippen LogP contribution in [-0.4, -0.2) is 79.9 Å². The zero-order valence-corrected chi connectivity index (χ0v) is 24.0. The van der Waals surface area contributed by atoms with E-state index < -0.39 is 29.4 Å². The maximum atomic E-state index is 13.1. The van der Waals surface area contributed by atoms with Gasteiger partial charge in [0, 0.05) is 43.9 Å². The Balaban J connectivity index is 1.74. The highest BCUT2D eigenvalue weighted by Gasteiger charge is 2.38. The number of carbonyl (C=O) groups is 3. The highest BCUT2D eigenvalue weighted by molar-refractivity contribution is 5.87. The van der Waals surface area contributed by atoms with Crippen LogP contribution in [0.15, 0.2) is 18.5 Å². The van der Waals surface area contributed by atoms with Crippen molar-refractivity contribution in [2.24, 2.45) is 0 Å². The smallest absolute Gasteiger partial charge is 0.413 e. The van der Waals surface area contributed by atoms with E-state index in [1.54, 1.807) is 58.3 Å². The lowest BCUT2D eigenvalue weighted by molar-refractivity contribution is -0.123. The van der Waals surface area contributed by atoms with Crippen LogP contribution in [0.3, 0.4) is 0 Å². The first kappa shape index (κ1) is 28.3. The number of anilines is 1. The molecule has 39 heavy (non-hydrogen) atoms. The maximum absolute atomic E-state index is 13.1. The minimum Gasteiger partial charge on any atom is -0.444 e. The Hall–Kier alpha value is -3.67. The van der Waals surface area contributed by atoms with Crippen molar-refractivity contribution in [2.75, 3.05) is 25.5 Å². The molecule has 0 unspecified atom stereocenters. The second kappa shape index (κ2) is 10.5. The molecule has 0 bridgehead atoms. The number of aromatic nitrogens is 3. The fourth-order valence-electron chi connectivity index (χ4n) is 4.77. The Kier molecular flexibility index (Phi) is 7.61. The lowest BCUT2D eigenvalue weighted by atomic mass is 9.89. The van der Waals surface area contributed by atoms with Crippen molar-refractivity contribution in [3.8, 4) is 0 Å². The molecule has 0 aliphatic carbocycles. The van der Waals surface area contributed by atoms with E-state index in [1.165, 1.54) is 11.8 Å². The second-order valence-corrected chi connectivity index (χ2v) is 12.1. The Morgan fingerprint density at radius 3 is 2.36 bits per heavy atom. The quantitative estimate of drug-likeness (QED) is 0.591. The van der Waals surface area contributed by atoms with Gasteiger partial charge < -0.3 is 14.5 Å². The summed E-state index contributed by atoms with van der Waals surface area (Å²) in [5.74, 6) is 0.115. The molecular weight excluding hydrogens is 502 g/mol. The van der Waals surface area contributed by atoms with Crippen LogP contribution in [0.4, 0.5) is 15.4 Å². The van der Waals surface area contributed by atoms with Gasteiger partial charge in [0.1, 0.15) is 17.0 Å².